The first-order valence-electron chi connectivity index (χ1n) is 10.4. The van der Waals surface area contributed by atoms with Gasteiger partial charge in [0.2, 0.25) is 5.95 Å². The average Bonchev–Trinajstić information content (AvgIpc) is 3.06. The lowest BCUT2D eigenvalue weighted by molar-refractivity contribution is -0.145. The number of aromatic nitrogens is 2. The van der Waals surface area contributed by atoms with Crippen LogP contribution >= 0.6 is 0 Å². The molecule has 1 aromatic carbocycles. The Hall–Kier alpha value is -3.54. The maximum absolute atomic E-state index is 12.7. The van der Waals surface area contributed by atoms with Crippen LogP contribution in [0.5, 0.6) is 0 Å². The van der Waals surface area contributed by atoms with Gasteiger partial charge in [-0.25, -0.2) is 18.4 Å². The normalized spacial score (nSPS) is 13.9. The third kappa shape index (κ3) is 7.52. The van der Waals surface area contributed by atoms with Crippen LogP contribution in [0.4, 0.5) is 11.6 Å². The maximum atomic E-state index is 12.7. The Labute approximate surface area is 192 Å². The van der Waals surface area contributed by atoms with E-state index in [9.17, 15) is 18.0 Å². The van der Waals surface area contributed by atoms with E-state index in [1.54, 1.807) is 31.6 Å². The molecule has 0 unspecified atom stereocenters. The molecule has 0 saturated heterocycles. The van der Waals surface area contributed by atoms with E-state index in [-0.39, 0.29) is 17.1 Å². The van der Waals surface area contributed by atoms with Crippen molar-refractivity contribution in [3.8, 4) is 0 Å². The number of ether oxygens (including phenoxy) is 1. The summed E-state index contributed by atoms with van der Waals surface area (Å²) in [6.07, 6.45) is 6.50. The van der Waals surface area contributed by atoms with Gasteiger partial charge in [-0.05, 0) is 37.1 Å². The highest BCUT2D eigenvalue weighted by molar-refractivity contribution is 7.90. The molecule has 33 heavy (non-hydrogen) atoms. The number of carbonyl (C=O) groups is 2. The molecule has 2 N–H and O–H groups in total. The van der Waals surface area contributed by atoms with Gasteiger partial charge in [-0.3, -0.25) is 19.3 Å². The number of sulfonamides is 1. The zero-order chi connectivity index (χ0) is 23.7. The molecule has 0 aliphatic carbocycles. The lowest BCUT2D eigenvalue weighted by atomic mass is 10.2. The van der Waals surface area contributed by atoms with Gasteiger partial charge in [0.1, 0.15) is 12.4 Å². The first kappa shape index (κ1) is 24.1. The number of amides is 1. The number of hydrogen-bond acceptors (Lipinski definition) is 9. The van der Waals surface area contributed by atoms with Crippen molar-refractivity contribution in [2.45, 2.75) is 30.6 Å². The summed E-state index contributed by atoms with van der Waals surface area (Å²) in [5.74, 6) is -0.442. The van der Waals surface area contributed by atoms with E-state index < -0.39 is 28.5 Å². The van der Waals surface area contributed by atoms with Crippen molar-refractivity contribution < 1.29 is 22.7 Å². The molecule has 1 amide bonds. The number of rotatable bonds is 8. The van der Waals surface area contributed by atoms with Gasteiger partial charge in [-0.2, -0.15) is 0 Å². The zero-order valence-corrected chi connectivity index (χ0v) is 19.0. The van der Waals surface area contributed by atoms with Crippen molar-refractivity contribution >= 4 is 39.4 Å². The predicted octanol–water partition coefficient (Wildman–Crippen LogP) is 1.35. The topological polar surface area (TPSA) is 143 Å². The quantitative estimate of drug-likeness (QED) is 0.546. The highest BCUT2D eigenvalue weighted by Gasteiger charge is 2.18. The minimum absolute atomic E-state index is 0.00581. The average molecular weight is 475 g/mol. The summed E-state index contributed by atoms with van der Waals surface area (Å²) in [6, 6.07) is 7.47. The van der Waals surface area contributed by atoms with Gasteiger partial charge in [-0.1, -0.05) is 12.5 Å². The van der Waals surface area contributed by atoms with Crippen LogP contribution in [-0.2, 0) is 24.3 Å². The molecule has 0 spiro atoms. The second kappa shape index (κ2) is 11.4. The number of nitrogens with one attached hydrogen (secondary N) is 2. The molecular formula is C21H26N6O5S. The minimum Gasteiger partial charge on any atom is -0.454 e. The lowest BCUT2D eigenvalue weighted by Gasteiger charge is -2.15. The van der Waals surface area contributed by atoms with Gasteiger partial charge in [0.05, 0.1) is 4.90 Å². The highest BCUT2D eigenvalue weighted by Crippen LogP contribution is 2.16. The number of benzene rings is 1. The lowest BCUT2D eigenvalue weighted by Crippen LogP contribution is -2.31. The van der Waals surface area contributed by atoms with E-state index in [0.29, 0.717) is 24.7 Å². The molecule has 0 bridgehead atoms. The number of likely N-dealkylation sites (N-methyl/N-ethyl adjacent to an activating group) is 1. The summed E-state index contributed by atoms with van der Waals surface area (Å²) in [4.78, 5) is 38.0. The van der Waals surface area contributed by atoms with Gasteiger partial charge in [0.25, 0.3) is 15.9 Å². The van der Waals surface area contributed by atoms with Crippen LogP contribution in [0, 0.1) is 0 Å². The second-order valence-corrected chi connectivity index (χ2v) is 9.07. The molecule has 1 aromatic heterocycles. The standard InChI is InChI=1S/C21H26N6O5S/c1-27(21-23-11-6-12-24-21)14-20(29)32-15-19(28)25-16-7-5-8-17(13-16)33(30,31)26-18-9-3-2-4-10-22-18/h5-8,11-13H,2-4,9-10,14-15H2,1H3,(H,22,26)(H,25,28). The molecule has 11 nitrogen and oxygen atoms in total. The van der Waals surface area contributed by atoms with Crippen LogP contribution in [0.15, 0.2) is 52.6 Å². The van der Waals surface area contributed by atoms with Crippen molar-refractivity contribution in [2.24, 2.45) is 4.99 Å². The van der Waals surface area contributed by atoms with Crippen molar-refractivity contribution in [3.63, 3.8) is 0 Å². The Morgan fingerprint density at radius 2 is 1.91 bits per heavy atom. The molecule has 2 aromatic rings. The molecule has 0 radical (unpaired) electrons. The van der Waals surface area contributed by atoms with Crippen molar-refractivity contribution in [1.29, 1.82) is 0 Å². The fourth-order valence-corrected chi connectivity index (χ4v) is 4.19. The number of esters is 1. The Morgan fingerprint density at radius 3 is 2.70 bits per heavy atom. The van der Waals surface area contributed by atoms with E-state index in [4.69, 9.17) is 4.74 Å². The summed E-state index contributed by atoms with van der Waals surface area (Å²) < 4.78 is 32.9. The summed E-state index contributed by atoms with van der Waals surface area (Å²) in [5.41, 5.74) is 0.261. The van der Waals surface area contributed by atoms with E-state index in [1.165, 1.54) is 23.1 Å². The molecular weight excluding hydrogens is 448 g/mol. The molecule has 1 aliphatic heterocycles. The monoisotopic (exact) mass is 474 g/mol. The molecule has 176 valence electrons. The number of hydrogen-bond donors (Lipinski definition) is 2. The van der Waals surface area contributed by atoms with E-state index in [1.807, 2.05) is 0 Å². The summed E-state index contributed by atoms with van der Waals surface area (Å²) in [6.45, 7) is -0.0598. The fourth-order valence-electron chi connectivity index (χ4n) is 3.05. The predicted molar refractivity (Wildman–Crippen MR) is 122 cm³/mol. The molecule has 1 aliphatic rings. The largest absolute Gasteiger partial charge is 0.454 e. The Bertz CT molecular complexity index is 1110. The van der Waals surface area contributed by atoms with Crippen molar-refractivity contribution in [3.05, 3.63) is 42.7 Å². The zero-order valence-electron chi connectivity index (χ0n) is 18.2. The SMILES string of the molecule is CN(CC(=O)OCC(=O)Nc1cccc(S(=O)(=O)NC2=NCCCCC2)c1)c1ncccn1. The fraction of sp³-hybridized carbons (Fsp3) is 0.381. The molecule has 0 atom stereocenters. The highest BCUT2D eigenvalue weighted by atomic mass is 32.2. The number of nitrogens with zero attached hydrogens (tertiary/aromatic N) is 4. The maximum Gasteiger partial charge on any atom is 0.326 e. The third-order valence-corrected chi connectivity index (χ3v) is 6.06. The Morgan fingerprint density at radius 1 is 1.12 bits per heavy atom. The molecule has 2 heterocycles. The van der Waals surface area contributed by atoms with Crippen LogP contribution in [0.3, 0.4) is 0 Å². The van der Waals surface area contributed by atoms with Crippen molar-refractivity contribution in [1.82, 2.24) is 14.7 Å². The first-order valence-corrected chi connectivity index (χ1v) is 11.9. The van der Waals surface area contributed by atoms with Gasteiger partial charge in [0, 0.05) is 38.1 Å². The molecule has 3 rings (SSSR count). The Balaban J connectivity index is 1.52. The van der Waals surface area contributed by atoms with Gasteiger partial charge in [0.15, 0.2) is 6.61 Å². The summed E-state index contributed by atoms with van der Waals surface area (Å²) >= 11 is 0. The number of anilines is 2. The number of amidine groups is 1. The van der Waals surface area contributed by atoms with Crippen LogP contribution in [0.2, 0.25) is 0 Å². The van der Waals surface area contributed by atoms with E-state index >= 15 is 0 Å². The molecule has 12 heteroatoms. The van der Waals surface area contributed by atoms with Crippen LogP contribution in [0.1, 0.15) is 25.7 Å². The van der Waals surface area contributed by atoms with Crippen LogP contribution in [0.25, 0.3) is 0 Å². The molecule has 0 saturated carbocycles. The summed E-state index contributed by atoms with van der Waals surface area (Å²) in [7, 11) is -2.21. The van der Waals surface area contributed by atoms with Crippen LogP contribution < -0.4 is 14.9 Å². The second-order valence-electron chi connectivity index (χ2n) is 7.39. The Kier molecular flexibility index (Phi) is 8.30. The summed E-state index contributed by atoms with van der Waals surface area (Å²) in [5, 5.41) is 2.53. The van der Waals surface area contributed by atoms with Gasteiger partial charge < -0.3 is 15.0 Å². The van der Waals surface area contributed by atoms with Crippen LogP contribution in [-0.4, -0.2) is 62.8 Å². The van der Waals surface area contributed by atoms with Gasteiger partial charge in [-0.15, -0.1) is 0 Å². The van der Waals surface area contributed by atoms with Crippen molar-refractivity contribution in [2.75, 3.05) is 37.0 Å². The van der Waals surface area contributed by atoms with E-state index in [0.717, 1.165) is 19.3 Å². The van der Waals surface area contributed by atoms with E-state index in [2.05, 4.69) is 25.0 Å². The van der Waals surface area contributed by atoms with Gasteiger partial charge >= 0.3 is 5.97 Å². The third-order valence-electron chi connectivity index (χ3n) is 4.68. The first-order chi connectivity index (χ1) is 15.8. The minimum atomic E-state index is -3.83. The number of carbonyl (C=O) groups excluding carboxylic acids is 2. The smallest absolute Gasteiger partial charge is 0.326 e. The molecule has 0 fully saturated rings. The number of aliphatic imine (C=N–C) groups is 1.